The normalized spacial score (nSPS) is 13.4. The smallest absolute Gasteiger partial charge is 0.0300 e. The second kappa shape index (κ2) is 6.17. The van der Waals surface area contributed by atoms with Gasteiger partial charge in [0.25, 0.3) is 0 Å². The van der Waals surface area contributed by atoms with Crippen molar-refractivity contribution in [3.05, 3.63) is 22.4 Å². The molecule has 0 bridgehead atoms. The second-order valence-corrected chi connectivity index (χ2v) is 4.67. The molecule has 0 saturated heterocycles. The first-order valence-corrected chi connectivity index (χ1v) is 6.04. The van der Waals surface area contributed by atoms with Crippen LogP contribution < -0.4 is 5.32 Å². The van der Waals surface area contributed by atoms with Gasteiger partial charge >= 0.3 is 0 Å². The fraction of sp³-hybridized carbons (Fsp3) is 0.636. The van der Waals surface area contributed by atoms with Gasteiger partial charge in [-0.2, -0.15) is 11.3 Å². The van der Waals surface area contributed by atoms with Gasteiger partial charge < -0.3 is 10.2 Å². The summed E-state index contributed by atoms with van der Waals surface area (Å²) in [6.45, 7) is 4.47. The molecule has 1 N–H and O–H groups in total. The van der Waals surface area contributed by atoms with Gasteiger partial charge in [0.2, 0.25) is 0 Å². The number of hydrogen-bond acceptors (Lipinski definition) is 3. The average molecular weight is 212 g/mol. The predicted molar refractivity (Wildman–Crippen MR) is 63.9 cm³/mol. The maximum atomic E-state index is 3.52. The van der Waals surface area contributed by atoms with Crippen LogP contribution >= 0.6 is 11.3 Å². The summed E-state index contributed by atoms with van der Waals surface area (Å²) in [7, 11) is 4.23. The number of thiophene rings is 1. The lowest BCUT2D eigenvalue weighted by Gasteiger charge is -2.14. The molecule has 0 amide bonds. The largest absolute Gasteiger partial charge is 0.310 e. The maximum Gasteiger partial charge on any atom is 0.0300 e. The fourth-order valence-electron chi connectivity index (χ4n) is 1.35. The molecule has 2 nitrogen and oxygen atoms in total. The summed E-state index contributed by atoms with van der Waals surface area (Å²) in [5.74, 6) is 0. The Morgan fingerprint density at radius 3 is 2.86 bits per heavy atom. The Kier molecular flexibility index (Phi) is 5.15. The van der Waals surface area contributed by atoms with Gasteiger partial charge in [0.05, 0.1) is 0 Å². The van der Waals surface area contributed by atoms with Crippen molar-refractivity contribution in [2.45, 2.75) is 19.4 Å². The molecule has 80 valence electrons. The lowest BCUT2D eigenvalue weighted by atomic mass is 10.2. The van der Waals surface area contributed by atoms with Crippen LogP contribution in [0.4, 0.5) is 0 Å². The molecule has 1 rings (SSSR count). The van der Waals surface area contributed by atoms with Gasteiger partial charge in [-0.25, -0.2) is 0 Å². The van der Waals surface area contributed by atoms with E-state index >= 15 is 0 Å². The van der Waals surface area contributed by atoms with Crippen LogP contribution in [0.5, 0.6) is 0 Å². The molecule has 0 saturated carbocycles. The van der Waals surface area contributed by atoms with E-state index < -0.39 is 0 Å². The van der Waals surface area contributed by atoms with Crippen molar-refractivity contribution in [3.63, 3.8) is 0 Å². The number of nitrogens with zero attached hydrogens (tertiary/aromatic N) is 1. The summed E-state index contributed by atoms with van der Waals surface area (Å²) in [6, 6.07) is 2.68. The van der Waals surface area contributed by atoms with E-state index in [0.29, 0.717) is 6.04 Å². The highest BCUT2D eigenvalue weighted by Gasteiger charge is 2.03. The van der Waals surface area contributed by atoms with E-state index in [0.717, 1.165) is 13.1 Å². The number of hydrogen-bond donors (Lipinski definition) is 1. The van der Waals surface area contributed by atoms with Crippen LogP contribution in [0.25, 0.3) is 0 Å². The van der Waals surface area contributed by atoms with E-state index in [2.05, 4.69) is 48.1 Å². The zero-order valence-corrected chi connectivity index (χ0v) is 10.1. The molecule has 14 heavy (non-hydrogen) atoms. The summed E-state index contributed by atoms with van der Waals surface area (Å²) < 4.78 is 0. The minimum Gasteiger partial charge on any atom is -0.310 e. The minimum atomic E-state index is 0.489. The van der Waals surface area contributed by atoms with E-state index in [1.54, 1.807) is 11.3 Å². The highest BCUT2D eigenvalue weighted by atomic mass is 32.1. The lowest BCUT2D eigenvalue weighted by Crippen LogP contribution is -2.23. The van der Waals surface area contributed by atoms with Crippen LogP contribution in [-0.4, -0.2) is 32.1 Å². The molecule has 0 aliphatic carbocycles. The fourth-order valence-corrected chi connectivity index (χ4v) is 2.11. The Hall–Kier alpha value is -0.380. The molecule has 0 aliphatic heterocycles. The van der Waals surface area contributed by atoms with Gasteiger partial charge in [-0.05, 0) is 62.9 Å². The molecule has 1 aromatic heterocycles. The monoisotopic (exact) mass is 212 g/mol. The number of rotatable bonds is 6. The molecule has 0 fully saturated rings. The summed E-state index contributed by atoms with van der Waals surface area (Å²) in [4.78, 5) is 2.22. The van der Waals surface area contributed by atoms with Gasteiger partial charge in [-0.1, -0.05) is 0 Å². The predicted octanol–water partition coefficient (Wildman–Crippen LogP) is 2.35. The molecular formula is C11H20N2S. The Balaban J connectivity index is 2.13. The van der Waals surface area contributed by atoms with Crippen LogP contribution in [0.1, 0.15) is 24.9 Å². The first kappa shape index (κ1) is 11.7. The summed E-state index contributed by atoms with van der Waals surface area (Å²) in [6.07, 6.45) is 1.21. The molecule has 0 spiro atoms. The van der Waals surface area contributed by atoms with Crippen LogP contribution in [-0.2, 0) is 0 Å². The lowest BCUT2D eigenvalue weighted by molar-refractivity contribution is 0.389. The Bertz CT molecular complexity index is 231. The van der Waals surface area contributed by atoms with Gasteiger partial charge in [-0.3, -0.25) is 0 Å². The zero-order valence-electron chi connectivity index (χ0n) is 9.29. The van der Waals surface area contributed by atoms with Crippen molar-refractivity contribution in [2.24, 2.45) is 0 Å². The first-order chi connectivity index (χ1) is 6.70. The maximum absolute atomic E-state index is 3.52. The van der Waals surface area contributed by atoms with Crippen molar-refractivity contribution in [1.29, 1.82) is 0 Å². The topological polar surface area (TPSA) is 15.3 Å². The SMILES string of the molecule is CC(NCCCN(C)C)c1ccsc1. The number of nitrogens with one attached hydrogen (secondary N) is 1. The van der Waals surface area contributed by atoms with Crippen LogP contribution in [0.15, 0.2) is 16.8 Å². The van der Waals surface area contributed by atoms with Crippen molar-refractivity contribution in [1.82, 2.24) is 10.2 Å². The highest BCUT2D eigenvalue weighted by Crippen LogP contribution is 2.15. The highest BCUT2D eigenvalue weighted by molar-refractivity contribution is 7.07. The molecule has 1 unspecified atom stereocenters. The second-order valence-electron chi connectivity index (χ2n) is 3.89. The Morgan fingerprint density at radius 1 is 1.50 bits per heavy atom. The third kappa shape index (κ3) is 4.22. The van der Waals surface area contributed by atoms with Crippen LogP contribution in [0.2, 0.25) is 0 Å². The molecule has 1 heterocycles. The van der Waals surface area contributed by atoms with E-state index in [4.69, 9.17) is 0 Å². The van der Waals surface area contributed by atoms with Crippen molar-refractivity contribution in [2.75, 3.05) is 27.2 Å². The van der Waals surface area contributed by atoms with E-state index in [1.165, 1.54) is 12.0 Å². The van der Waals surface area contributed by atoms with Crippen molar-refractivity contribution in [3.8, 4) is 0 Å². The van der Waals surface area contributed by atoms with E-state index in [-0.39, 0.29) is 0 Å². The average Bonchev–Trinajstić information content (AvgIpc) is 2.64. The van der Waals surface area contributed by atoms with Gasteiger partial charge in [0, 0.05) is 6.04 Å². The first-order valence-electron chi connectivity index (χ1n) is 5.10. The molecule has 1 atom stereocenters. The Labute approximate surface area is 90.9 Å². The van der Waals surface area contributed by atoms with Crippen LogP contribution in [0, 0.1) is 0 Å². The summed E-state index contributed by atoms with van der Waals surface area (Å²) in [5.41, 5.74) is 1.40. The third-order valence-electron chi connectivity index (χ3n) is 2.28. The van der Waals surface area contributed by atoms with E-state index in [1.807, 2.05) is 0 Å². The zero-order chi connectivity index (χ0) is 10.4. The van der Waals surface area contributed by atoms with Gasteiger partial charge in [0.15, 0.2) is 0 Å². The van der Waals surface area contributed by atoms with Crippen molar-refractivity contribution >= 4 is 11.3 Å². The van der Waals surface area contributed by atoms with Crippen molar-refractivity contribution < 1.29 is 0 Å². The molecule has 0 aromatic carbocycles. The summed E-state index contributed by atoms with van der Waals surface area (Å²) >= 11 is 1.76. The quantitative estimate of drug-likeness (QED) is 0.728. The van der Waals surface area contributed by atoms with Gasteiger partial charge in [0.1, 0.15) is 0 Å². The van der Waals surface area contributed by atoms with E-state index in [9.17, 15) is 0 Å². The standard InChI is InChI=1S/C11H20N2S/c1-10(11-5-8-14-9-11)12-6-4-7-13(2)3/h5,8-10,12H,4,6-7H2,1-3H3. The van der Waals surface area contributed by atoms with Crippen LogP contribution in [0.3, 0.4) is 0 Å². The molecule has 3 heteroatoms. The third-order valence-corrected chi connectivity index (χ3v) is 2.98. The molecular weight excluding hydrogens is 192 g/mol. The summed E-state index contributed by atoms with van der Waals surface area (Å²) in [5, 5.41) is 7.86. The minimum absolute atomic E-state index is 0.489. The molecule has 0 aliphatic rings. The molecule has 0 radical (unpaired) electrons. The van der Waals surface area contributed by atoms with Gasteiger partial charge in [-0.15, -0.1) is 0 Å². The Morgan fingerprint density at radius 2 is 2.29 bits per heavy atom. The molecule has 1 aromatic rings.